The van der Waals surface area contributed by atoms with E-state index in [0.29, 0.717) is 0 Å². The molecule has 0 saturated heterocycles. The Morgan fingerprint density at radius 2 is 1.11 bits per heavy atom. The molecule has 0 N–H and O–H groups in total. The Labute approximate surface area is 308 Å². The minimum Gasteiger partial charge on any atom is -0.309 e. The van der Waals surface area contributed by atoms with E-state index in [9.17, 15) is 0 Å². The van der Waals surface area contributed by atoms with Gasteiger partial charge in [-0.25, -0.2) is 4.98 Å². The molecule has 1 aliphatic rings. The fourth-order valence-corrected chi connectivity index (χ4v) is 9.60. The molecule has 10 aromatic rings. The Morgan fingerprint density at radius 3 is 1.87 bits per heavy atom. The highest BCUT2D eigenvalue weighted by Gasteiger charge is 2.41. The van der Waals surface area contributed by atoms with Crippen molar-refractivity contribution in [2.24, 2.45) is 0 Å². The lowest BCUT2D eigenvalue weighted by Crippen LogP contribution is -2.15. The second-order valence-electron chi connectivity index (χ2n) is 15.0. The molecule has 0 spiro atoms. The lowest BCUT2D eigenvalue weighted by molar-refractivity contribution is 0.667. The number of benzene rings is 7. The van der Waals surface area contributed by atoms with Crippen LogP contribution in [0, 0.1) is 0 Å². The Balaban J connectivity index is 1.36. The third kappa shape index (κ3) is 4.04. The van der Waals surface area contributed by atoms with Crippen LogP contribution in [0.3, 0.4) is 0 Å². The van der Waals surface area contributed by atoms with Gasteiger partial charge in [-0.2, -0.15) is 0 Å². The van der Waals surface area contributed by atoms with Crippen LogP contribution in [-0.4, -0.2) is 18.7 Å². The van der Waals surface area contributed by atoms with Gasteiger partial charge in [-0.05, 0) is 77.7 Å². The monoisotopic (exact) mass is 682 g/mol. The van der Waals surface area contributed by atoms with E-state index < -0.39 is 0 Å². The van der Waals surface area contributed by atoms with E-state index in [4.69, 9.17) is 4.98 Å². The van der Waals surface area contributed by atoms with Crippen LogP contribution in [0.2, 0.25) is 0 Å². The van der Waals surface area contributed by atoms with Crippen molar-refractivity contribution in [3.8, 4) is 28.2 Å². The molecule has 254 valence electrons. The number of aromatic nitrogens is 4. The van der Waals surface area contributed by atoms with E-state index in [2.05, 4.69) is 186 Å². The number of aryl methyl sites for hydroxylation is 1. The fourth-order valence-electron chi connectivity index (χ4n) is 9.60. The molecule has 3 heterocycles. The van der Waals surface area contributed by atoms with Gasteiger partial charge < -0.3 is 9.13 Å². The zero-order chi connectivity index (χ0) is 35.4. The fraction of sp³-hybridized carbons (Fsp3) is 0.122. The summed E-state index contributed by atoms with van der Waals surface area (Å²) in [7, 11) is 0. The highest BCUT2D eigenvalue weighted by atomic mass is 15.1. The smallest absolute Gasteiger partial charge is 0.114 e. The average molecular weight is 683 g/mol. The molecule has 7 aromatic carbocycles. The first-order valence-electron chi connectivity index (χ1n) is 18.8. The van der Waals surface area contributed by atoms with E-state index >= 15 is 0 Å². The predicted octanol–water partition coefficient (Wildman–Crippen LogP) is 12.5. The van der Waals surface area contributed by atoms with Crippen LogP contribution in [0.25, 0.3) is 82.8 Å². The summed E-state index contributed by atoms with van der Waals surface area (Å²) in [6, 6.07) is 55.6. The van der Waals surface area contributed by atoms with Crippen molar-refractivity contribution in [2.45, 2.75) is 39.0 Å². The van der Waals surface area contributed by atoms with Crippen molar-refractivity contribution in [1.29, 1.82) is 0 Å². The van der Waals surface area contributed by atoms with Crippen LogP contribution in [0.4, 0.5) is 0 Å². The third-order valence-corrected chi connectivity index (χ3v) is 11.7. The maximum absolute atomic E-state index is 5.11. The average Bonchev–Trinajstić information content (AvgIpc) is 3.90. The summed E-state index contributed by atoms with van der Waals surface area (Å²) >= 11 is 0. The van der Waals surface area contributed by atoms with Gasteiger partial charge >= 0.3 is 0 Å². The standard InChI is InChI=1S/C49H38N4/c1-4-17-42-50-38-26-12-15-29-41(38)51(42)32-20-16-21-33(30-32)53-39-27-13-9-23-35(39)44-46-43(34-22-8-11-25-37(34)49(46,2)3)47-45(48(44)53)36-24-10-14-28-40(36)52(47)31-18-6-5-7-19-31/h5-16,18-30H,4,17H2,1-3H3. The number of nitrogens with zero attached hydrogens (tertiary/aromatic N) is 4. The molecule has 0 radical (unpaired) electrons. The number of imidazole rings is 1. The van der Waals surface area contributed by atoms with E-state index in [1.807, 2.05) is 0 Å². The van der Waals surface area contributed by atoms with E-state index in [1.165, 1.54) is 71.6 Å². The molecule has 0 saturated carbocycles. The number of rotatable bonds is 5. The summed E-state index contributed by atoms with van der Waals surface area (Å²) in [6.07, 6.45) is 1.94. The molecule has 0 aliphatic heterocycles. The Hall–Kier alpha value is -6.39. The van der Waals surface area contributed by atoms with Crippen LogP contribution in [0.5, 0.6) is 0 Å². The maximum atomic E-state index is 5.11. The SMILES string of the molecule is CCCc1nc2ccccc2n1-c1cccc(-n2c3ccccc3c3c4c(c5c(c6ccccc6n5-c5ccccc5)c32)-c2ccccc2C4(C)C)c1. The van der Waals surface area contributed by atoms with Crippen molar-refractivity contribution < 1.29 is 0 Å². The zero-order valence-electron chi connectivity index (χ0n) is 30.1. The van der Waals surface area contributed by atoms with Crippen molar-refractivity contribution in [2.75, 3.05) is 0 Å². The maximum Gasteiger partial charge on any atom is 0.114 e. The third-order valence-electron chi connectivity index (χ3n) is 11.7. The van der Waals surface area contributed by atoms with Crippen molar-refractivity contribution in [3.63, 3.8) is 0 Å². The van der Waals surface area contributed by atoms with Crippen LogP contribution >= 0.6 is 0 Å². The van der Waals surface area contributed by atoms with Crippen LogP contribution in [0.15, 0.2) is 152 Å². The van der Waals surface area contributed by atoms with Gasteiger partial charge in [-0.1, -0.05) is 118 Å². The normalized spacial score (nSPS) is 13.5. The minimum atomic E-state index is -0.224. The molecule has 0 atom stereocenters. The van der Waals surface area contributed by atoms with Crippen LogP contribution < -0.4 is 0 Å². The molecule has 3 aromatic heterocycles. The van der Waals surface area contributed by atoms with Gasteiger partial charge in [-0.3, -0.25) is 4.57 Å². The molecule has 4 heteroatoms. The first-order chi connectivity index (χ1) is 26.1. The number of hydrogen-bond donors (Lipinski definition) is 0. The van der Waals surface area contributed by atoms with Gasteiger partial charge in [0, 0.05) is 56.0 Å². The Morgan fingerprint density at radius 1 is 0.528 bits per heavy atom. The predicted molar refractivity (Wildman–Crippen MR) is 221 cm³/mol. The summed E-state index contributed by atoms with van der Waals surface area (Å²) in [5.41, 5.74) is 15.8. The second kappa shape index (κ2) is 11.1. The molecular weight excluding hydrogens is 645 g/mol. The zero-order valence-corrected chi connectivity index (χ0v) is 30.1. The molecule has 1 aliphatic carbocycles. The van der Waals surface area contributed by atoms with Gasteiger partial charge in [-0.15, -0.1) is 0 Å². The first-order valence-corrected chi connectivity index (χ1v) is 18.8. The van der Waals surface area contributed by atoms with Crippen molar-refractivity contribution in [3.05, 3.63) is 169 Å². The lowest BCUT2D eigenvalue weighted by Gasteiger charge is -2.23. The Kier molecular flexibility index (Phi) is 6.31. The number of hydrogen-bond acceptors (Lipinski definition) is 1. The summed E-state index contributed by atoms with van der Waals surface area (Å²) < 4.78 is 7.44. The van der Waals surface area contributed by atoms with Gasteiger partial charge in [0.15, 0.2) is 0 Å². The summed E-state index contributed by atoms with van der Waals surface area (Å²) in [5, 5.41) is 5.16. The van der Waals surface area contributed by atoms with Crippen LogP contribution in [-0.2, 0) is 11.8 Å². The van der Waals surface area contributed by atoms with Gasteiger partial charge in [0.1, 0.15) is 5.82 Å². The first kappa shape index (κ1) is 30.3. The molecule has 11 rings (SSSR count). The van der Waals surface area contributed by atoms with E-state index in [-0.39, 0.29) is 5.41 Å². The Bertz CT molecular complexity index is 3100. The molecule has 4 nitrogen and oxygen atoms in total. The highest BCUT2D eigenvalue weighted by Crippen LogP contribution is 2.58. The quantitative estimate of drug-likeness (QED) is 0.178. The van der Waals surface area contributed by atoms with Crippen LogP contribution in [0.1, 0.15) is 44.1 Å². The van der Waals surface area contributed by atoms with Gasteiger partial charge in [0.2, 0.25) is 0 Å². The number of fused-ring (bicyclic) bond motifs is 13. The van der Waals surface area contributed by atoms with E-state index in [1.54, 1.807) is 0 Å². The summed E-state index contributed by atoms with van der Waals surface area (Å²) in [6.45, 7) is 7.07. The minimum absolute atomic E-state index is 0.224. The molecule has 0 fully saturated rings. The molecule has 0 bridgehead atoms. The van der Waals surface area contributed by atoms with Gasteiger partial charge in [0.05, 0.1) is 33.1 Å². The number of para-hydroxylation sites is 5. The lowest BCUT2D eigenvalue weighted by atomic mass is 9.80. The largest absolute Gasteiger partial charge is 0.309 e. The molecular formula is C49H38N4. The molecule has 0 amide bonds. The van der Waals surface area contributed by atoms with Crippen molar-refractivity contribution >= 4 is 54.6 Å². The van der Waals surface area contributed by atoms with E-state index in [0.717, 1.165) is 41.1 Å². The molecule has 0 unspecified atom stereocenters. The summed E-state index contributed by atoms with van der Waals surface area (Å²) in [5.74, 6) is 1.10. The van der Waals surface area contributed by atoms with Gasteiger partial charge in [0.25, 0.3) is 0 Å². The van der Waals surface area contributed by atoms with Crippen molar-refractivity contribution in [1.82, 2.24) is 18.7 Å². The summed E-state index contributed by atoms with van der Waals surface area (Å²) in [4.78, 5) is 5.11. The second-order valence-corrected chi connectivity index (χ2v) is 15.0. The molecule has 53 heavy (non-hydrogen) atoms. The topological polar surface area (TPSA) is 27.7 Å². The highest BCUT2D eigenvalue weighted by molar-refractivity contribution is 6.31.